The van der Waals surface area contributed by atoms with Crippen LogP contribution in [0.1, 0.15) is 31.1 Å². The van der Waals surface area contributed by atoms with Gasteiger partial charge in [-0.3, -0.25) is 14.5 Å². The highest BCUT2D eigenvalue weighted by Crippen LogP contribution is 2.42. The van der Waals surface area contributed by atoms with Crippen LogP contribution in [-0.2, 0) is 9.59 Å². The fraction of sp³-hybridized carbons (Fsp3) is 0.200. The number of hydrogen-bond donors (Lipinski definition) is 0. The van der Waals surface area contributed by atoms with E-state index in [1.165, 1.54) is 11.8 Å². The summed E-state index contributed by atoms with van der Waals surface area (Å²) in [6.07, 6.45) is 2.04. The number of fused-ring (bicyclic) bond motifs is 3. The van der Waals surface area contributed by atoms with Gasteiger partial charge in [0.15, 0.2) is 0 Å². The molecule has 0 bridgehead atoms. The molecule has 4 aromatic rings. The summed E-state index contributed by atoms with van der Waals surface area (Å²) in [4.78, 5) is 31.9. The molecule has 1 aliphatic heterocycles. The van der Waals surface area contributed by atoms with Gasteiger partial charge in [0.05, 0.1) is 22.8 Å². The minimum atomic E-state index is -0.286. The Kier molecular flexibility index (Phi) is 6.96. The Morgan fingerprint density at radius 1 is 0.833 bits per heavy atom. The molecule has 2 heterocycles. The Hall–Kier alpha value is -3.77. The van der Waals surface area contributed by atoms with Crippen LogP contribution < -0.4 is 4.90 Å². The van der Waals surface area contributed by atoms with E-state index in [-0.39, 0.29) is 36.2 Å². The lowest BCUT2D eigenvalue weighted by molar-refractivity contribution is -0.134. The van der Waals surface area contributed by atoms with E-state index in [1.54, 1.807) is 4.90 Å². The first-order valence-electron chi connectivity index (χ1n) is 12.2. The van der Waals surface area contributed by atoms with Gasteiger partial charge < -0.3 is 9.47 Å². The lowest BCUT2D eigenvalue weighted by Crippen LogP contribution is -2.49. The third-order valence-corrected chi connectivity index (χ3v) is 7.46. The molecule has 182 valence electrons. The lowest BCUT2D eigenvalue weighted by atomic mass is 9.97. The maximum absolute atomic E-state index is 14.1. The summed E-state index contributed by atoms with van der Waals surface area (Å²) in [7, 11) is 0. The molecule has 36 heavy (non-hydrogen) atoms. The van der Waals surface area contributed by atoms with Gasteiger partial charge in [0.1, 0.15) is 12.6 Å². The first kappa shape index (κ1) is 23.9. The molecule has 0 spiro atoms. The lowest BCUT2D eigenvalue weighted by Gasteiger charge is -2.40. The number of rotatable bonds is 7. The molecule has 0 N–H and O–H groups in total. The molecule has 1 aromatic heterocycles. The van der Waals surface area contributed by atoms with Gasteiger partial charge >= 0.3 is 0 Å². The van der Waals surface area contributed by atoms with Gasteiger partial charge in [0, 0.05) is 17.1 Å². The van der Waals surface area contributed by atoms with Gasteiger partial charge in [0.2, 0.25) is 11.8 Å². The van der Waals surface area contributed by atoms with Crippen molar-refractivity contribution in [1.82, 2.24) is 9.47 Å². The van der Waals surface area contributed by atoms with Crippen LogP contribution in [-0.4, -0.2) is 39.6 Å². The average Bonchev–Trinajstić information content (AvgIpc) is 3.40. The molecule has 5 rings (SSSR count). The second-order valence-corrected chi connectivity index (χ2v) is 10.1. The number of amides is 2. The summed E-state index contributed by atoms with van der Waals surface area (Å²) in [6.45, 7) is 3.94. The topological polar surface area (TPSA) is 45.6 Å². The highest BCUT2D eigenvalue weighted by molar-refractivity contribution is 8.00. The molecule has 5 nitrogen and oxygen atoms in total. The minimum Gasteiger partial charge on any atom is -0.330 e. The van der Waals surface area contributed by atoms with Crippen LogP contribution >= 0.6 is 11.8 Å². The van der Waals surface area contributed by atoms with E-state index in [0.29, 0.717) is 0 Å². The number of thioether (sulfide) groups is 1. The predicted octanol–water partition coefficient (Wildman–Crippen LogP) is 5.94. The smallest absolute Gasteiger partial charge is 0.247 e. The van der Waals surface area contributed by atoms with E-state index < -0.39 is 0 Å². The molecule has 0 aliphatic carbocycles. The van der Waals surface area contributed by atoms with Crippen molar-refractivity contribution in [3.8, 4) is 5.69 Å². The van der Waals surface area contributed by atoms with E-state index in [4.69, 9.17) is 0 Å². The fourth-order valence-corrected chi connectivity index (χ4v) is 5.54. The number of benzene rings is 3. The highest BCUT2D eigenvalue weighted by Gasteiger charge is 2.37. The van der Waals surface area contributed by atoms with Crippen molar-refractivity contribution in [2.45, 2.75) is 30.8 Å². The molecule has 3 aromatic carbocycles. The standard InChI is InChI=1S/C30H29N3O2S/c1-22(2)32(29(35)21-36-24-14-7-4-8-15-24)20-28(34)33-26-17-10-9-16-25(26)31-19-11-18-27(31)30(33)23-12-5-3-6-13-23/h3-19,22,30H,20-21H2,1-2H3. The van der Waals surface area contributed by atoms with Crippen LogP contribution in [0.2, 0.25) is 0 Å². The van der Waals surface area contributed by atoms with Crippen LogP contribution in [0.4, 0.5) is 5.69 Å². The zero-order valence-corrected chi connectivity index (χ0v) is 21.3. The summed E-state index contributed by atoms with van der Waals surface area (Å²) in [5.74, 6) is 0.143. The second kappa shape index (κ2) is 10.5. The maximum Gasteiger partial charge on any atom is 0.247 e. The normalized spacial score (nSPS) is 14.3. The predicted molar refractivity (Wildman–Crippen MR) is 146 cm³/mol. The minimum absolute atomic E-state index is 0.0181. The first-order valence-corrected chi connectivity index (χ1v) is 13.1. The summed E-state index contributed by atoms with van der Waals surface area (Å²) < 4.78 is 2.15. The quantitative estimate of drug-likeness (QED) is 0.298. The van der Waals surface area contributed by atoms with Gasteiger partial charge in [-0.15, -0.1) is 11.8 Å². The molecular formula is C30H29N3O2S. The van der Waals surface area contributed by atoms with Crippen molar-refractivity contribution >= 4 is 29.3 Å². The largest absolute Gasteiger partial charge is 0.330 e. The molecule has 0 saturated heterocycles. The summed E-state index contributed by atoms with van der Waals surface area (Å²) in [5.41, 5.74) is 3.85. The van der Waals surface area contributed by atoms with Crippen LogP contribution in [0.3, 0.4) is 0 Å². The van der Waals surface area contributed by atoms with Crippen molar-refractivity contribution in [1.29, 1.82) is 0 Å². The van der Waals surface area contributed by atoms with Crippen LogP contribution in [0.5, 0.6) is 0 Å². The molecule has 0 radical (unpaired) electrons. The van der Waals surface area contributed by atoms with Gasteiger partial charge in [-0.1, -0.05) is 60.7 Å². The first-order chi connectivity index (χ1) is 17.5. The summed E-state index contributed by atoms with van der Waals surface area (Å²) >= 11 is 1.50. The number of aromatic nitrogens is 1. The molecule has 1 aliphatic rings. The number of para-hydroxylation sites is 2. The van der Waals surface area contributed by atoms with Gasteiger partial charge in [-0.2, -0.15) is 0 Å². The third kappa shape index (κ3) is 4.69. The number of carbonyl (C=O) groups is 2. The van der Waals surface area contributed by atoms with Crippen LogP contribution in [0, 0.1) is 0 Å². The Morgan fingerprint density at radius 2 is 1.47 bits per heavy atom. The highest BCUT2D eigenvalue weighted by atomic mass is 32.2. The zero-order valence-electron chi connectivity index (χ0n) is 20.5. The maximum atomic E-state index is 14.1. The summed E-state index contributed by atoms with van der Waals surface area (Å²) in [6, 6.07) is 31.6. The van der Waals surface area contributed by atoms with Crippen molar-refractivity contribution in [3.05, 3.63) is 115 Å². The van der Waals surface area contributed by atoms with Gasteiger partial charge in [0.25, 0.3) is 0 Å². The van der Waals surface area contributed by atoms with E-state index in [1.807, 2.05) is 104 Å². The molecule has 6 heteroatoms. The molecule has 0 fully saturated rings. The van der Waals surface area contributed by atoms with E-state index in [9.17, 15) is 9.59 Å². The SMILES string of the molecule is CC(C)N(CC(=O)N1c2ccccc2-n2cccc2C1c1ccccc1)C(=O)CSc1ccccc1. The van der Waals surface area contributed by atoms with Gasteiger partial charge in [-0.05, 0) is 55.8 Å². The molecule has 0 saturated carbocycles. The van der Waals surface area contributed by atoms with Crippen molar-refractivity contribution in [3.63, 3.8) is 0 Å². The molecule has 1 atom stereocenters. The Balaban J connectivity index is 1.46. The fourth-order valence-electron chi connectivity index (χ4n) is 4.74. The van der Waals surface area contributed by atoms with E-state index >= 15 is 0 Å². The van der Waals surface area contributed by atoms with Crippen molar-refractivity contribution < 1.29 is 9.59 Å². The van der Waals surface area contributed by atoms with Crippen molar-refractivity contribution in [2.24, 2.45) is 0 Å². The van der Waals surface area contributed by atoms with Crippen LogP contribution in [0.25, 0.3) is 5.69 Å². The average molecular weight is 496 g/mol. The van der Waals surface area contributed by atoms with E-state index in [0.717, 1.165) is 27.5 Å². The molecular weight excluding hydrogens is 466 g/mol. The molecule has 1 unspecified atom stereocenters. The number of nitrogens with zero attached hydrogens (tertiary/aromatic N) is 3. The van der Waals surface area contributed by atoms with Crippen molar-refractivity contribution in [2.75, 3.05) is 17.2 Å². The zero-order chi connectivity index (χ0) is 25.1. The summed E-state index contributed by atoms with van der Waals surface area (Å²) in [5, 5.41) is 0. The molecule has 2 amide bonds. The second-order valence-electron chi connectivity index (χ2n) is 9.09. The van der Waals surface area contributed by atoms with Gasteiger partial charge in [-0.25, -0.2) is 0 Å². The number of hydrogen-bond acceptors (Lipinski definition) is 3. The Labute approximate surface area is 216 Å². The third-order valence-electron chi connectivity index (χ3n) is 6.46. The number of anilines is 1. The monoisotopic (exact) mass is 495 g/mol. The Bertz CT molecular complexity index is 1350. The van der Waals surface area contributed by atoms with Crippen LogP contribution in [0.15, 0.2) is 108 Å². The Morgan fingerprint density at radius 3 is 2.17 bits per heavy atom. The number of carbonyl (C=O) groups excluding carboxylic acids is 2. The van der Waals surface area contributed by atoms with E-state index in [2.05, 4.69) is 22.8 Å².